The summed E-state index contributed by atoms with van der Waals surface area (Å²) in [5.74, 6) is -1.65. The third kappa shape index (κ3) is 5.31. The maximum absolute atomic E-state index is 12.3. The second-order valence-electron chi connectivity index (χ2n) is 4.53. The van der Waals surface area contributed by atoms with Crippen LogP contribution < -0.4 is 5.32 Å². The van der Waals surface area contributed by atoms with Crippen LogP contribution in [0.5, 0.6) is 0 Å². The highest BCUT2D eigenvalue weighted by molar-refractivity contribution is 5.18. The van der Waals surface area contributed by atoms with Crippen LogP contribution in [0.4, 0.5) is 13.2 Å². The molecule has 0 aliphatic carbocycles. The predicted octanol–water partition coefficient (Wildman–Crippen LogP) is 3.47. The molecule has 5 heteroatoms. The largest absolute Gasteiger partial charge is 0.405 e. The lowest BCUT2D eigenvalue weighted by Crippen LogP contribution is -2.33. The lowest BCUT2D eigenvalue weighted by Gasteiger charge is -2.15. The Morgan fingerprint density at radius 1 is 1.26 bits per heavy atom. The molecule has 0 saturated heterocycles. The predicted molar refractivity (Wildman–Crippen MR) is 67.5 cm³/mol. The number of alkyl halides is 3. The molecule has 0 saturated carbocycles. The molecule has 0 heterocycles. The molecule has 0 aliphatic rings. The standard InChI is InChI=1S/C14H17F3N2/c1-11(12-5-3-2-4-6-12)7-8-19-10-13(9-18)14(15,16)17/h2-6,11,13,19H,7-8,10H2,1H3. The van der Waals surface area contributed by atoms with E-state index in [9.17, 15) is 13.2 Å². The highest BCUT2D eigenvalue weighted by Crippen LogP contribution is 2.25. The van der Waals surface area contributed by atoms with Crippen molar-refractivity contribution in [3.05, 3.63) is 35.9 Å². The van der Waals surface area contributed by atoms with Crippen molar-refractivity contribution in [2.24, 2.45) is 5.92 Å². The van der Waals surface area contributed by atoms with E-state index in [0.717, 1.165) is 12.0 Å². The van der Waals surface area contributed by atoms with Crippen LogP contribution in [0.25, 0.3) is 0 Å². The van der Waals surface area contributed by atoms with Crippen LogP contribution in [-0.2, 0) is 0 Å². The average Bonchev–Trinajstić information content (AvgIpc) is 2.38. The van der Waals surface area contributed by atoms with E-state index in [1.807, 2.05) is 37.3 Å². The van der Waals surface area contributed by atoms with Gasteiger partial charge in [-0.1, -0.05) is 37.3 Å². The molecule has 2 nitrogen and oxygen atoms in total. The van der Waals surface area contributed by atoms with Crippen LogP contribution in [0.1, 0.15) is 24.8 Å². The van der Waals surface area contributed by atoms with Crippen molar-refractivity contribution in [2.45, 2.75) is 25.4 Å². The van der Waals surface area contributed by atoms with Gasteiger partial charge >= 0.3 is 6.18 Å². The van der Waals surface area contributed by atoms with E-state index >= 15 is 0 Å². The maximum atomic E-state index is 12.3. The SMILES string of the molecule is CC(CCNCC(C#N)C(F)(F)F)c1ccccc1. The molecule has 0 bridgehead atoms. The Balaban J connectivity index is 2.30. The van der Waals surface area contributed by atoms with E-state index in [2.05, 4.69) is 5.32 Å². The first-order valence-corrected chi connectivity index (χ1v) is 6.17. The Bertz CT molecular complexity index is 409. The first-order chi connectivity index (χ1) is 8.95. The highest BCUT2D eigenvalue weighted by atomic mass is 19.4. The molecule has 2 unspecified atom stereocenters. The van der Waals surface area contributed by atoms with Gasteiger partial charge in [0, 0.05) is 6.54 Å². The van der Waals surface area contributed by atoms with Gasteiger partial charge in [-0.05, 0) is 24.4 Å². The minimum Gasteiger partial charge on any atom is -0.315 e. The van der Waals surface area contributed by atoms with Gasteiger partial charge in [0.05, 0.1) is 6.07 Å². The summed E-state index contributed by atoms with van der Waals surface area (Å²) in [5, 5.41) is 11.1. The second kappa shape index (κ2) is 7.15. The van der Waals surface area contributed by atoms with Crippen LogP contribution >= 0.6 is 0 Å². The molecule has 1 aromatic carbocycles. The van der Waals surface area contributed by atoms with E-state index in [-0.39, 0.29) is 12.5 Å². The lowest BCUT2D eigenvalue weighted by atomic mass is 9.98. The Hall–Kier alpha value is -1.54. The van der Waals surface area contributed by atoms with E-state index in [4.69, 9.17) is 5.26 Å². The third-order valence-electron chi connectivity index (χ3n) is 3.02. The van der Waals surface area contributed by atoms with E-state index in [0.29, 0.717) is 6.54 Å². The maximum Gasteiger partial charge on any atom is 0.405 e. The fraction of sp³-hybridized carbons (Fsp3) is 0.500. The summed E-state index contributed by atoms with van der Waals surface area (Å²) >= 11 is 0. The number of hydrogen-bond acceptors (Lipinski definition) is 2. The zero-order valence-electron chi connectivity index (χ0n) is 10.7. The van der Waals surface area contributed by atoms with Gasteiger partial charge in [0.2, 0.25) is 0 Å². The van der Waals surface area contributed by atoms with Crippen LogP contribution in [0.2, 0.25) is 0 Å². The summed E-state index contributed by atoms with van der Waals surface area (Å²) in [6, 6.07) is 11.1. The third-order valence-corrected chi connectivity index (χ3v) is 3.02. The molecule has 0 spiro atoms. The number of nitriles is 1. The van der Waals surface area contributed by atoms with Crippen molar-refractivity contribution in [3.63, 3.8) is 0 Å². The van der Waals surface area contributed by atoms with Gasteiger partial charge in [0.1, 0.15) is 0 Å². The van der Waals surface area contributed by atoms with Crippen LogP contribution in [0.15, 0.2) is 30.3 Å². The topological polar surface area (TPSA) is 35.8 Å². The molecule has 104 valence electrons. The molecule has 0 aliphatic heterocycles. The van der Waals surface area contributed by atoms with Gasteiger partial charge < -0.3 is 5.32 Å². The number of nitrogens with zero attached hydrogens (tertiary/aromatic N) is 1. The van der Waals surface area contributed by atoms with E-state index < -0.39 is 12.1 Å². The zero-order valence-corrected chi connectivity index (χ0v) is 10.7. The fourth-order valence-electron chi connectivity index (χ4n) is 1.75. The number of benzene rings is 1. The number of halogens is 3. The summed E-state index contributed by atoms with van der Waals surface area (Å²) in [4.78, 5) is 0. The summed E-state index contributed by atoms with van der Waals surface area (Å²) in [6.45, 7) is 2.15. The summed E-state index contributed by atoms with van der Waals surface area (Å²) in [6.07, 6.45) is -3.72. The molecule has 1 aromatic rings. The molecule has 19 heavy (non-hydrogen) atoms. The van der Waals surface area contributed by atoms with Crippen LogP contribution in [-0.4, -0.2) is 19.3 Å². The van der Waals surface area contributed by atoms with Crippen LogP contribution in [0, 0.1) is 17.2 Å². The van der Waals surface area contributed by atoms with Gasteiger partial charge in [-0.25, -0.2) is 0 Å². The Morgan fingerprint density at radius 2 is 1.89 bits per heavy atom. The summed E-state index contributed by atoms with van der Waals surface area (Å²) in [5.41, 5.74) is 1.16. The minimum absolute atomic E-state index is 0.278. The molecule has 0 fully saturated rings. The van der Waals surface area contributed by atoms with Gasteiger partial charge in [0.25, 0.3) is 0 Å². The van der Waals surface area contributed by atoms with Gasteiger partial charge in [-0.3, -0.25) is 0 Å². The Labute approximate surface area is 111 Å². The average molecular weight is 270 g/mol. The molecular weight excluding hydrogens is 253 g/mol. The first kappa shape index (κ1) is 15.5. The van der Waals surface area contributed by atoms with Crippen molar-refractivity contribution >= 4 is 0 Å². The molecule has 0 amide bonds. The molecule has 1 rings (SSSR count). The van der Waals surface area contributed by atoms with Gasteiger partial charge in [-0.2, -0.15) is 18.4 Å². The van der Waals surface area contributed by atoms with Gasteiger partial charge in [-0.15, -0.1) is 0 Å². The number of hydrogen-bond donors (Lipinski definition) is 1. The first-order valence-electron chi connectivity index (χ1n) is 6.17. The summed E-state index contributed by atoms with van der Waals surface area (Å²) in [7, 11) is 0. The summed E-state index contributed by atoms with van der Waals surface area (Å²) < 4.78 is 36.9. The van der Waals surface area contributed by atoms with E-state index in [1.54, 1.807) is 0 Å². The monoisotopic (exact) mass is 270 g/mol. The van der Waals surface area contributed by atoms with Crippen molar-refractivity contribution in [1.82, 2.24) is 5.32 Å². The fourth-order valence-corrected chi connectivity index (χ4v) is 1.75. The second-order valence-corrected chi connectivity index (χ2v) is 4.53. The molecule has 0 radical (unpaired) electrons. The molecule has 0 aromatic heterocycles. The van der Waals surface area contributed by atoms with E-state index in [1.165, 1.54) is 6.07 Å². The zero-order chi connectivity index (χ0) is 14.3. The van der Waals surface area contributed by atoms with Crippen molar-refractivity contribution < 1.29 is 13.2 Å². The van der Waals surface area contributed by atoms with Crippen molar-refractivity contribution in [1.29, 1.82) is 5.26 Å². The molecule has 1 N–H and O–H groups in total. The van der Waals surface area contributed by atoms with Crippen molar-refractivity contribution in [2.75, 3.05) is 13.1 Å². The van der Waals surface area contributed by atoms with Crippen molar-refractivity contribution in [3.8, 4) is 6.07 Å². The molecular formula is C14H17F3N2. The number of rotatable bonds is 6. The highest BCUT2D eigenvalue weighted by Gasteiger charge is 2.39. The normalized spacial score (nSPS) is 14.7. The molecule has 2 atom stereocenters. The smallest absolute Gasteiger partial charge is 0.315 e. The van der Waals surface area contributed by atoms with Crippen LogP contribution in [0.3, 0.4) is 0 Å². The lowest BCUT2D eigenvalue weighted by molar-refractivity contribution is -0.157. The Morgan fingerprint density at radius 3 is 2.42 bits per heavy atom. The quantitative estimate of drug-likeness (QED) is 0.803. The van der Waals surface area contributed by atoms with Gasteiger partial charge in [0.15, 0.2) is 5.92 Å². The minimum atomic E-state index is -4.45. The number of nitrogens with one attached hydrogen (secondary N) is 1. The Kier molecular flexibility index (Phi) is 5.84.